The van der Waals surface area contributed by atoms with Crippen molar-refractivity contribution >= 4 is 162 Å². The summed E-state index contributed by atoms with van der Waals surface area (Å²) in [6, 6.07) is 0. The fraction of sp³-hybridized carbons (Fsp3) is 1.00. The third-order valence-electron chi connectivity index (χ3n) is 0.667. The van der Waals surface area contributed by atoms with Crippen molar-refractivity contribution in [2.75, 3.05) is 0 Å². The first-order valence-corrected chi connectivity index (χ1v) is 11.0. The van der Waals surface area contributed by atoms with Crippen molar-refractivity contribution in [1.82, 2.24) is 0 Å². The van der Waals surface area contributed by atoms with Gasteiger partial charge in [-0.15, -0.1) is 0 Å². The van der Waals surface area contributed by atoms with E-state index in [1.54, 1.807) is 0 Å². The molecule has 0 rings (SSSR count). The molecule has 0 aromatic carbocycles. The quantitative estimate of drug-likeness (QED) is 0.200. The number of hydrogen-bond acceptors (Lipinski definition) is 16. The van der Waals surface area contributed by atoms with Gasteiger partial charge in [0.15, 0.2) is 0 Å². The average Bonchev–Trinajstić information content (AvgIpc) is 2.06. The van der Waals surface area contributed by atoms with E-state index < -0.39 is 48.7 Å². The van der Waals surface area contributed by atoms with Crippen LogP contribution in [0.5, 0.6) is 0 Å². The Morgan fingerprint density at radius 2 is 0.654 bits per heavy atom. The third kappa shape index (κ3) is 35.7. The molecule has 0 aliphatic carbocycles. The van der Waals surface area contributed by atoms with Crippen LogP contribution in [-0.4, -0.2) is 113 Å². The zero-order chi connectivity index (χ0) is 18.1. The fourth-order valence-corrected chi connectivity index (χ4v) is 3.74. The predicted molar refractivity (Wildman–Crippen MR) is 74.0 cm³/mol. The number of phosphoric acid groups is 2. The molecule has 0 fully saturated rings. The molecule has 0 spiro atoms. The van der Waals surface area contributed by atoms with Gasteiger partial charge in [0.25, 0.3) is 0 Å². The van der Waals surface area contributed by atoms with Crippen molar-refractivity contribution in [2.45, 2.75) is 7.43 Å². The Hall–Kier alpha value is 4.24. The predicted octanol–water partition coefficient (Wildman–Crippen LogP) is -3.46. The molecule has 16 nitrogen and oxygen atoms in total. The van der Waals surface area contributed by atoms with Gasteiger partial charge in [0, 0.05) is 0 Å². The third-order valence-corrected chi connectivity index (χ3v) is 6.00. The second-order valence-electron chi connectivity index (χ2n) is 2.12. The smallest absolute Gasteiger partial charge is 0.750 e. The Morgan fingerprint density at radius 1 is 0.538 bits per heavy atom. The maximum Gasteiger partial charge on any atom is 2.00 e. The van der Waals surface area contributed by atoms with E-state index in [4.69, 9.17) is 0 Å². The van der Waals surface area contributed by atoms with Crippen LogP contribution in [0, 0.1) is 0 Å². The molecule has 0 N–H and O–H groups in total. The second kappa shape index (κ2) is 22.4. The van der Waals surface area contributed by atoms with Gasteiger partial charge in [-0.1, -0.05) is 24.7 Å². The van der Waals surface area contributed by atoms with Crippen LogP contribution in [0.1, 0.15) is 7.43 Å². The van der Waals surface area contributed by atoms with Crippen LogP contribution in [0.2, 0.25) is 0 Å². The molecule has 26 heavy (non-hydrogen) atoms. The second-order valence-corrected chi connectivity index (χ2v) is 8.31. The van der Waals surface area contributed by atoms with Gasteiger partial charge in [0.05, 0.1) is 0 Å². The molecule has 0 saturated carbocycles. The summed E-state index contributed by atoms with van der Waals surface area (Å²) >= 11 is 0. The van der Waals surface area contributed by atoms with Crippen LogP contribution in [-0.2, 0) is 44.6 Å². The molecule has 0 radical (unpaired) electrons. The molecule has 0 heterocycles. The molecule has 0 aromatic heterocycles. The van der Waals surface area contributed by atoms with Gasteiger partial charge in [-0.25, -0.2) is 0 Å². The van der Waals surface area contributed by atoms with Crippen molar-refractivity contribution in [1.29, 1.82) is 0 Å². The van der Waals surface area contributed by atoms with Crippen LogP contribution in [0.3, 0.4) is 0 Å². The SMILES string of the molecule is C.O=[P+]([O-])OP(=O)([O-])O[P+](=O)[O-].O=[P+]([O-])OP(=O)([O-])O[P+](=O)[O-].[Ca+2].[Ca+2].[Ca+2]. The van der Waals surface area contributed by atoms with Gasteiger partial charge in [-0.05, 0) is 18.3 Å². The normalized spacial score (nSPS) is 15.9. The first kappa shape index (κ1) is 44.0. The van der Waals surface area contributed by atoms with Gasteiger partial charge in [0.1, 0.15) is 0 Å². The van der Waals surface area contributed by atoms with E-state index in [0.29, 0.717) is 0 Å². The fourth-order valence-electron chi connectivity index (χ4n) is 0.356. The van der Waals surface area contributed by atoms with Gasteiger partial charge in [-0.3, -0.25) is 9.13 Å². The van der Waals surface area contributed by atoms with Crippen molar-refractivity contribution < 1.29 is 74.0 Å². The van der Waals surface area contributed by atoms with Crippen LogP contribution < -0.4 is 29.4 Å². The van der Waals surface area contributed by atoms with Crippen LogP contribution >= 0.6 is 48.7 Å². The molecule has 4 unspecified atom stereocenters. The minimum absolute atomic E-state index is 0. The van der Waals surface area contributed by atoms with Gasteiger partial charge < -0.3 is 29.4 Å². The molecule has 0 saturated heterocycles. The molecule has 136 valence electrons. The monoisotopic (exact) mass is 578 g/mol. The van der Waals surface area contributed by atoms with E-state index >= 15 is 0 Å². The Kier molecular flexibility index (Phi) is 38.0. The molecule has 0 bridgehead atoms. The van der Waals surface area contributed by atoms with E-state index in [1.807, 2.05) is 0 Å². The molecule has 0 aliphatic rings. The van der Waals surface area contributed by atoms with E-state index in [9.17, 15) is 56.8 Å². The van der Waals surface area contributed by atoms with Crippen LogP contribution in [0.15, 0.2) is 0 Å². The molecule has 25 heteroatoms. The molecule has 0 aromatic rings. The summed E-state index contributed by atoms with van der Waals surface area (Å²) in [5.74, 6) is 0. The summed E-state index contributed by atoms with van der Waals surface area (Å²) < 4.78 is 70.8. The Labute approximate surface area is 239 Å². The summed E-state index contributed by atoms with van der Waals surface area (Å²) in [4.78, 5) is 58.4. The van der Waals surface area contributed by atoms with Crippen molar-refractivity contribution in [3.05, 3.63) is 0 Å². The molecular weight excluding hydrogens is 574 g/mol. The first-order valence-electron chi connectivity index (χ1n) is 3.65. The van der Waals surface area contributed by atoms with E-state index in [2.05, 4.69) is 17.2 Å². The molecule has 0 aliphatic heterocycles. The van der Waals surface area contributed by atoms with Gasteiger partial charge >= 0.3 is 162 Å². The molecule has 0 amide bonds. The van der Waals surface area contributed by atoms with E-state index in [1.165, 1.54) is 0 Å². The maximum absolute atomic E-state index is 10.1. The Bertz CT molecular complexity index is 458. The Balaban J connectivity index is -0.0000000667. The molecular formula is CH4Ca3O16P6+4. The maximum atomic E-state index is 10.1. The summed E-state index contributed by atoms with van der Waals surface area (Å²) in [5.41, 5.74) is 0. The summed E-state index contributed by atoms with van der Waals surface area (Å²) in [6.45, 7) is 0. The topological polar surface area (TPSA) is 278 Å². The summed E-state index contributed by atoms with van der Waals surface area (Å²) in [5, 5.41) is 0. The minimum atomic E-state index is -5.25. The summed E-state index contributed by atoms with van der Waals surface area (Å²) in [6.07, 6.45) is 0. The van der Waals surface area contributed by atoms with Gasteiger partial charge in [-0.2, -0.15) is 0 Å². The van der Waals surface area contributed by atoms with Crippen molar-refractivity contribution in [3.8, 4) is 0 Å². The molecule has 4 atom stereocenters. The van der Waals surface area contributed by atoms with E-state index in [0.717, 1.165) is 0 Å². The minimum Gasteiger partial charge on any atom is -0.750 e. The van der Waals surface area contributed by atoms with Gasteiger partial charge in [0.2, 0.25) is 0 Å². The zero-order valence-electron chi connectivity index (χ0n) is 11.3. The largest absolute Gasteiger partial charge is 2.00 e. The Morgan fingerprint density at radius 3 is 0.731 bits per heavy atom. The number of rotatable bonds is 8. The van der Waals surface area contributed by atoms with Crippen LogP contribution in [0.4, 0.5) is 0 Å². The standard InChI is InChI=1S/CH4.3Ca.2HO8P3/c;;;;2*1-9(2)7-11(5,6)8-10(3)4/h1H4;;;;2*(H,5,6)/q;3*+2;;/p-2. The van der Waals surface area contributed by atoms with Crippen molar-refractivity contribution in [3.63, 3.8) is 0 Å². The first-order chi connectivity index (χ1) is 9.67. The van der Waals surface area contributed by atoms with E-state index in [-0.39, 0.29) is 121 Å². The zero-order valence-corrected chi connectivity index (χ0v) is 23.3. The number of hydrogen-bond donors (Lipinski definition) is 0. The average molecular weight is 578 g/mol. The van der Waals surface area contributed by atoms with Crippen LogP contribution in [0.25, 0.3) is 0 Å². The van der Waals surface area contributed by atoms with Crippen molar-refractivity contribution in [2.24, 2.45) is 0 Å². The summed E-state index contributed by atoms with van der Waals surface area (Å²) in [7, 11) is -25.2.